The second-order valence-electron chi connectivity index (χ2n) is 3.48. The maximum Gasteiger partial charge on any atom is 0.140 e. The van der Waals surface area contributed by atoms with Crippen molar-refractivity contribution in [3.8, 4) is 11.5 Å². The molecular weight excluding hydrogens is 216 g/mol. The molecule has 2 rings (SSSR count). The van der Waals surface area contributed by atoms with Crippen LogP contribution in [0.2, 0.25) is 0 Å². The Morgan fingerprint density at radius 1 is 0.882 bits per heavy atom. The predicted molar refractivity (Wildman–Crippen MR) is 64.4 cm³/mol. The summed E-state index contributed by atoms with van der Waals surface area (Å²) in [5, 5.41) is 0. The van der Waals surface area contributed by atoms with Gasteiger partial charge in [-0.05, 0) is 24.3 Å². The van der Waals surface area contributed by atoms with Gasteiger partial charge in [-0.15, -0.1) is 0 Å². The van der Waals surface area contributed by atoms with E-state index in [9.17, 15) is 0 Å². The van der Waals surface area contributed by atoms with Crippen molar-refractivity contribution in [3.05, 3.63) is 48.0 Å². The Labute approximate surface area is 100 Å². The van der Waals surface area contributed by atoms with Crippen molar-refractivity contribution in [2.45, 2.75) is 6.42 Å². The van der Waals surface area contributed by atoms with Crippen LogP contribution in [0.1, 0.15) is 11.4 Å². The van der Waals surface area contributed by atoms with Gasteiger partial charge in [0.25, 0.3) is 0 Å². The van der Waals surface area contributed by atoms with Crippen LogP contribution in [-0.4, -0.2) is 24.2 Å². The molecule has 0 N–H and O–H groups in total. The Kier molecular flexibility index (Phi) is 3.55. The Hall–Kier alpha value is -2.10. The zero-order chi connectivity index (χ0) is 12.1. The van der Waals surface area contributed by atoms with Crippen LogP contribution in [0, 0.1) is 0 Å². The van der Waals surface area contributed by atoms with E-state index >= 15 is 0 Å². The number of aromatic nitrogens is 2. The van der Waals surface area contributed by atoms with Crippen LogP contribution < -0.4 is 9.47 Å². The van der Waals surface area contributed by atoms with Gasteiger partial charge in [0, 0.05) is 18.8 Å². The maximum absolute atomic E-state index is 5.26. The number of methoxy groups -OCH3 is 2. The van der Waals surface area contributed by atoms with Gasteiger partial charge in [-0.2, -0.15) is 0 Å². The normalized spacial score (nSPS) is 10.0. The van der Waals surface area contributed by atoms with Gasteiger partial charge in [0.2, 0.25) is 0 Å². The molecule has 2 aromatic heterocycles. The van der Waals surface area contributed by atoms with Crippen molar-refractivity contribution in [2.24, 2.45) is 0 Å². The Balaban J connectivity index is 2.31. The van der Waals surface area contributed by atoms with E-state index in [4.69, 9.17) is 9.47 Å². The first-order valence-electron chi connectivity index (χ1n) is 5.31. The molecule has 0 bridgehead atoms. The van der Waals surface area contributed by atoms with Crippen LogP contribution in [0.4, 0.5) is 0 Å². The molecule has 88 valence electrons. The third-order valence-electron chi connectivity index (χ3n) is 2.47. The smallest absolute Gasteiger partial charge is 0.140 e. The number of ether oxygens (including phenoxy) is 2. The van der Waals surface area contributed by atoms with Gasteiger partial charge >= 0.3 is 0 Å². The highest BCUT2D eigenvalue weighted by Crippen LogP contribution is 2.22. The number of nitrogens with zero attached hydrogens (tertiary/aromatic N) is 2. The molecule has 0 fully saturated rings. The minimum absolute atomic E-state index is 0.591. The van der Waals surface area contributed by atoms with Crippen molar-refractivity contribution in [1.29, 1.82) is 0 Å². The average Bonchev–Trinajstić information content (AvgIpc) is 2.40. The van der Waals surface area contributed by atoms with Gasteiger partial charge in [-0.3, -0.25) is 9.97 Å². The molecule has 0 aliphatic heterocycles. The van der Waals surface area contributed by atoms with Crippen LogP contribution in [0.3, 0.4) is 0 Å². The van der Waals surface area contributed by atoms with E-state index in [2.05, 4.69) is 9.97 Å². The SMILES string of the molecule is COc1cccnc1Cc1ncccc1OC. The maximum atomic E-state index is 5.26. The minimum Gasteiger partial charge on any atom is -0.495 e. The summed E-state index contributed by atoms with van der Waals surface area (Å²) in [5.74, 6) is 1.53. The van der Waals surface area contributed by atoms with Crippen LogP contribution in [0.15, 0.2) is 36.7 Å². The van der Waals surface area contributed by atoms with Crippen LogP contribution in [0.25, 0.3) is 0 Å². The van der Waals surface area contributed by atoms with Gasteiger partial charge in [0.15, 0.2) is 0 Å². The average molecular weight is 230 g/mol. The van der Waals surface area contributed by atoms with Crippen molar-refractivity contribution in [2.75, 3.05) is 14.2 Å². The fraction of sp³-hybridized carbons (Fsp3) is 0.231. The minimum atomic E-state index is 0.591. The van der Waals surface area contributed by atoms with E-state index in [1.165, 1.54) is 0 Å². The van der Waals surface area contributed by atoms with E-state index in [-0.39, 0.29) is 0 Å². The highest BCUT2D eigenvalue weighted by Gasteiger charge is 2.09. The third kappa shape index (κ3) is 2.53. The molecular formula is C13H14N2O2. The third-order valence-corrected chi connectivity index (χ3v) is 2.47. The summed E-state index contributed by atoms with van der Waals surface area (Å²) in [6, 6.07) is 7.46. The Bertz CT molecular complexity index is 455. The summed E-state index contributed by atoms with van der Waals surface area (Å²) in [4.78, 5) is 8.60. The van der Waals surface area contributed by atoms with Gasteiger partial charge in [-0.25, -0.2) is 0 Å². The zero-order valence-corrected chi connectivity index (χ0v) is 9.88. The summed E-state index contributed by atoms with van der Waals surface area (Å²) in [6.07, 6.45) is 4.08. The fourth-order valence-electron chi connectivity index (χ4n) is 1.64. The van der Waals surface area contributed by atoms with Crippen LogP contribution >= 0.6 is 0 Å². The molecule has 0 spiro atoms. The van der Waals surface area contributed by atoms with Crippen molar-refractivity contribution >= 4 is 0 Å². The lowest BCUT2D eigenvalue weighted by molar-refractivity contribution is 0.401. The summed E-state index contributed by atoms with van der Waals surface area (Å²) in [6.45, 7) is 0. The summed E-state index contributed by atoms with van der Waals surface area (Å²) < 4.78 is 10.5. The standard InChI is InChI=1S/C13H14N2O2/c1-16-12-5-3-7-14-10(12)9-11-13(17-2)6-4-8-15-11/h3-8H,9H2,1-2H3. The van der Waals surface area contributed by atoms with Crippen molar-refractivity contribution in [3.63, 3.8) is 0 Å². The number of pyridine rings is 2. The topological polar surface area (TPSA) is 44.2 Å². The molecule has 0 radical (unpaired) electrons. The van der Waals surface area contributed by atoms with Gasteiger partial charge < -0.3 is 9.47 Å². The summed E-state index contributed by atoms with van der Waals surface area (Å²) >= 11 is 0. The van der Waals surface area contributed by atoms with Crippen LogP contribution in [0.5, 0.6) is 11.5 Å². The van der Waals surface area contributed by atoms with Crippen molar-refractivity contribution < 1.29 is 9.47 Å². The van der Waals surface area contributed by atoms with E-state index in [0.29, 0.717) is 6.42 Å². The number of hydrogen-bond donors (Lipinski definition) is 0. The molecule has 0 aliphatic rings. The van der Waals surface area contributed by atoms with Crippen LogP contribution in [-0.2, 0) is 6.42 Å². The van der Waals surface area contributed by atoms with E-state index < -0.39 is 0 Å². The highest BCUT2D eigenvalue weighted by molar-refractivity contribution is 5.35. The van der Waals surface area contributed by atoms with Crippen molar-refractivity contribution in [1.82, 2.24) is 9.97 Å². The lowest BCUT2D eigenvalue weighted by Gasteiger charge is -2.09. The second-order valence-corrected chi connectivity index (χ2v) is 3.48. The first-order chi connectivity index (χ1) is 8.35. The summed E-state index contributed by atoms with van der Waals surface area (Å²) in [5.41, 5.74) is 1.71. The fourth-order valence-corrected chi connectivity index (χ4v) is 1.64. The van der Waals surface area contributed by atoms with Gasteiger partial charge in [-0.1, -0.05) is 0 Å². The predicted octanol–water partition coefficient (Wildman–Crippen LogP) is 2.08. The first kappa shape index (κ1) is 11.4. The molecule has 0 aliphatic carbocycles. The zero-order valence-electron chi connectivity index (χ0n) is 9.88. The molecule has 2 heterocycles. The highest BCUT2D eigenvalue weighted by atomic mass is 16.5. The van der Waals surface area contributed by atoms with E-state index in [0.717, 1.165) is 22.9 Å². The molecule has 0 amide bonds. The molecule has 0 saturated carbocycles. The van der Waals surface area contributed by atoms with Gasteiger partial charge in [0.05, 0.1) is 25.6 Å². The number of hydrogen-bond acceptors (Lipinski definition) is 4. The lowest BCUT2D eigenvalue weighted by atomic mass is 10.1. The molecule has 0 saturated heterocycles. The monoisotopic (exact) mass is 230 g/mol. The Morgan fingerprint density at radius 2 is 1.35 bits per heavy atom. The quantitative estimate of drug-likeness (QED) is 0.806. The Morgan fingerprint density at radius 3 is 1.76 bits per heavy atom. The van der Waals surface area contributed by atoms with Gasteiger partial charge in [0.1, 0.15) is 11.5 Å². The molecule has 0 atom stereocenters. The molecule has 4 nitrogen and oxygen atoms in total. The lowest BCUT2D eigenvalue weighted by Crippen LogP contribution is -2.00. The number of rotatable bonds is 4. The van der Waals surface area contributed by atoms with E-state index in [1.54, 1.807) is 26.6 Å². The molecule has 0 unspecified atom stereocenters. The first-order valence-corrected chi connectivity index (χ1v) is 5.31. The molecule has 2 aromatic rings. The summed E-state index contributed by atoms with van der Waals surface area (Å²) in [7, 11) is 3.27. The molecule has 4 heteroatoms. The second kappa shape index (κ2) is 5.30. The molecule has 0 aromatic carbocycles. The largest absolute Gasteiger partial charge is 0.495 e. The van der Waals surface area contributed by atoms with E-state index in [1.807, 2.05) is 24.3 Å². The molecule has 17 heavy (non-hydrogen) atoms.